The minimum absolute atomic E-state index is 0.511. The molecule has 4 aromatic rings. The Morgan fingerprint density at radius 3 is 2.65 bits per heavy atom. The van der Waals surface area contributed by atoms with Crippen LogP contribution in [0.4, 0.5) is 17.2 Å². The molecule has 2 aromatic carbocycles. The quantitative estimate of drug-likeness (QED) is 0.500. The molecule has 4 N–H and O–H groups in total. The van der Waals surface area contributed by atoms with Gasteiger partial charge in [0, 0.05) is 17.3 Å². The highest BCUT2D eigenvalue weighted by molar-refractivity contribution is 6.30. The fourth-order valence-corrected chi connectivity index (χ4v) is 2.76. The summed E-state index contributed by atoms with van der Waals surface area (Å²) in [7, 11) is 0. The molecule has 0 atom stereocenters. The Labute approximate surface area is 154 Å². The SMILES string of the molecule is NCc1ccc(Nn2ncc3c(Nc4cccc(Cl)c4)ncnc32)cc1. The number of rotatable bonds is 5. The van der Waals surface area contributed by atoms with Gasteiger partial charge in [-0.25, -0.2) is 9.97 Å². The molecule has 0 unspecified atom stereocenters. The van der Waals surface area contributed by atoms with Crippen LogP contribution in [-0.4, -0.2) is 19.9 Å². The summed E-state index contributed by atoms with van der Waals surface area (Å²) in [6.45, 7) is 0.511. The lowest BCUT2D eigenvalue weighted by atomic mass is 10.2. The molecule has 0 spiro atoms. The maximum Gasteiger partial charge on any atom is 0.186 e. The number of nitrogens with zero attached hydrogens (tertiary/aromatic N) is 4. The third-order valence-corrected chi connectivity index (χ3v) is 4.11. The van der Waals surface area contributed by atoms with Crippen molar-refractivity contribution in [2.75, 3.05) is 10.7 Å². The molecule has 0 radical (unpaired) electrons. The highest BCUT2D eigenvalue weighted by atomic mass is 35.5. The average molecular weight is 366 g/mol. The Morgan fingerprint density at radius 1 is 1.04 bits per heavy atom. The van der Waals surface area contributed by atoms with Crippen LogP contribution in [0.3, 0.4) is 0 Å². The van der Waals surface area contributed by atoms with Crippen LogP contribution >= 0.6 is 11.6 Å². The second-order valence-corrected chi connectivity index (χ2v) is 6.10. The predicted molar refractivity (Wildman–Crippen MR) is 103 cm³/mol. The van der Waals surface area contributed by atoms with Gasteiger partial charge in [0.15, 0.2) is 5.65 Å². The van der Waals surface area contributed by atoms with E-state index >= 15 is 0 Å². The van der Waals surface area contributed by atoms with Gasteiger partial charge in [-0.1, -0.05) is 29.8 Å². The maximum absolute atomic E-state index is 6.04. The van der Waals surface area contributed by atoms with Gasteiger partial charge in [-0.05, 0) is 35.9 Å². The second kappa shape index (κ2) is 6.99. The Bertz CT molecular complexity index is 1040. The molecule has 0 saturated carbocycles. The van der Waals surface area contributed by atoms with Gasteiger partial charge in [-0.3, -0.25) is 5.43 Å². The zero-order valence-corrected chi connectivity index (χ0v) is 14.5. The standard InChI is InChI=1S/C18H16ClN7/c19-13-2-1-3-15(8-13)24-17-16-10-23-26(18(16)22-11-21-17)25-14-6-4-12(9-20)5-7-14/h1-8,10-11,25H,9,20H2,(H,21,22,24). The fourth-order valence-electron chi connectivity index (χ4n) is 2.57. The molecule has 0 aliphatic carbocycles. The maximum atomic E-state index is 6.04. The van der Waals surface area contributed by atoms with Crippen molar-refractivity contribution in [1.29, 1.82) is 0 Å². The lowest BCUT2D eigenvalue weighted by molar-refractivity contribution is 0.820. The summed E-state index contributed by atoms with van der Waals surface area (Å²) < 4.78 is 0. The molecule has 0 aliphatic rings. The van der Waals surface area contributed by atoms with Crippen LogP contribution in [0.5, 0.6) is 0 Å². The Kier molecular flexibility index (Phi) is 4.39. The zero-order valence-electron chi connectivity index (χ0n) is 13.7. The van der Waals surface area contributed by atoms with Crippen molar-refractivity contribution in [1.82, 2.24) is 19.9 Å². The van der Waals surface area contributed by atoms with Gasteiger partial charge in [0.05, 0.1) is 17.3 Å². The summed E-state index contributed by atoms with van der Waals surface area (Å²) >= 11 is 6.04. The second-order valence-electron chi connectivity index (χ2n) is 5.66. The molecule has 4 rings (SSSR count). The van der Waals surface area contributed by atoms with Gasteiger partial charge in [-0.15, -0.1) is 0 Å². The summed E-state index contributed by atoms with van der Waals surface area (Å²) in [5.74, 6) is 0.656. The molecule has 0 amide bonds. The molecular weight excluding hydrogens is 350 g/mol. The Morgan fingerprint density at radius 2 is 1.88 bits per heavy atom. The number of anilines is 3. The van der Waals surface area contributed by atoms with Crippen LogP contribution in [0.25, 0.3) is 11.0 Å². The topological polar surface area (TPSA) is 93.7 Å². The number of halogens is 1. The van der Waals surface area contributed by atoms with E-state index in [1.807, 2.05) is 48.5 Å². The molecule has 0 bridgehead atoms. The monoisotopic (exact) mass is 365 g/mol. The minimum Gasteiger partial charge on any atom is -0.339 e. The van der Waals surface area contributed by atoms with E-state index in [0.29, 0.717) is 23.0 Å². The van der Waals surface area contributed by atoms with E-state index in [4.69, 9.17) is 17.3 Å². The molecule has 0 saturated heterocycles. The highest BCUT2D eigenvalue weighted by Gasteiger charge is 2.10. The molecule has 2 aromatic heterocycles. The Hall–Kier alpha value is -3.16. The summed E-state index contributed by atoms with van der Waals surface area (Å²) in [5.41, 5.74) is 12.3. The number of aromatic nitrogens is 4. The molecule has 130 valence electrons. The van der Waals surface area contributed by atoms with Crippen molar-refractivity contribution in [3.63, 3.8) is 0 Å². The highest BCUT2D eigenvalue weighted by Crippen LogP contribution is 2.24. The van der Waals surface area contributed by atoms with Crippen molar-refractivity contribution < 1.29 is 0 Å². The first-order chi connectivity index (χ1) is 12.7. The summed E-state index contributed by atoms with van der Waals surface area (Å²) in [4.78, 5) is 10.3. The molecule has 7 nitrogen and oxygen atoms in total. The van der Waals surface area contributed by atoms with Crippen molar-refractivity contribution >= 4 is 39.8 Å². The summed E-state index contributed by atoms with van der Waals surface area (Å²) in [6.07, 6.45) is 3.20. The van der Waals surface area contributed by atoms with Gasteiger partial charge >= 0.3 is 0 Å². The van der Waals surface area contributed by atoms with Gasteiger partial charge < -0.3 is 11.1 Å². The number of nitrogens with two attached hydrogens (primary N) is 1. The summed E-state index contributed by atoms with van der Waals surface area (Å²) in [5, 5.41) is 9.06. The van der Waals surface area contributed by atoms with Crippen molar-refractivity contribution in [3.8, 4) is 0 Å². The average Bonchev–Trinajstić information content (AvgIpc) is 3.06. The van der Waals surface area contributed by atoms with Gasteiger partial charge in [0.1, 0.15) is 12.1 Å². The zero-order chi connectivity index (χ0) is 17.9. The van der Waals surface area contributed by atoms with Crippen molar-refractivity contribution in [3.05, 3.63) is 71.6 Å². The summed E-state index contributed by atoms with van der Waals surface area (Å²) in [6, 6.07) is 15.3. The third kappa shape index (κ3) is 3.30. The van der Waals surface area contributed by atoms with Crippen LogP contribution in [-0.2, 0) is 6.54 Å². The molecule has 0 aliphatic heterocycles. The smallest absolute Gasteiger partial charge is 0.186 e. The van der Waals surface area contributed by atoms with E-state index in [0.717, 1.165) is 22.3 Å². The first kappa shape index (κ1) is 16.3. The number of hydrogen-bond acceptors (Lipinski definition) is 6. The molecule has 0 fully saturated rings. The molecular formula is C18H16ClN7. The third-order valence-electron chi connectivity index (χ3n) is 3.88. The van der Waals surface area contributed by atoms with Gasteiger partial charge in [0.25, 0.3) is 0 Å². The van der Waals surface area contributed by atoms with Crippen LogP contribution in [0.1, 0.15) is 5.56 Å². The minimum atomic E-state index is 0.511. The first-order valence-corrected chi connectivity index (χ1v) is 8.38. The van der Waals surface area contributed by atoms with E-state index in [9.17, 15) is 0 Å². The first-order valence-electron chi connectivity index (χ1n) is 8.00. The fraction of sp³-hybridized carbons (Fsp3) is 0.0556. The lowest BCUT2D eigenvalue weighted by Gasteiger charge is -2.09. The van der Waals surface area contributed by atoms with Crippen LogP contribution < -0.4 is 16.5 Å². The van der Waals surface area contributed by atoms with Crippen LogP contribution in [0, 0.1) is 0 Å². The van der Waals surface area contributed by atoms with Crippen molar-refractivity contribution in [2.45, 2.75) is 6.54 Å². The normalized spacial score (nSPS) is 10.8. The van der Waals surface area contributed by atoms with E-state index in [1.54, 1.807) is 11.0 Å². The lowest BCUT2D eigenvalue weighted by Crippen LogP contribution is -2.11. The van der Waals surface area contributed by atoms with Crippen LogP contribution in [0.2, 0.25) is 5.02 Å². The van der Waals surface area contributed by atoms with Gasteiger partial charge in [0.2, 0.25) is 0 Å². The van der Waals surface area contributed by atoms with E-state index < -0.39 is 0 Å². The molecule has 2 heterocycles. The molecule has 26 heavy (non-hydrogen) atoms. The number of hydrogen-bond donors (Lipinski definition) is 3. The Balaban J connectivity index is 1.63. The van der Waals surface area contributed by atoms with E-state index in [2.05, 4.69) is 25.8 Å². The van der Waals surface area contributed by atoms with Gasteiger partial charge in [-0.2, -0.15) is 9.89 Å². The van der Waals surface area contributed by atoms with Crippen molar-refractivity contribution in [2.24, 2.45) is 5.73 Å². The number of benzene rings is 2. The molecule has 8 heteroatoms. The predicted octanol–water partition coefficient (Wildman–Crippen LogP) is 3.56. The van der Waals surface area contributed by atoms with E-state index in [-0.39, 0.29) is 0 Å². The largest absolute Gasteiger partial charge is 0.339 e. The van der Waals surface area contributed by atoms with E-state index in [1.165, 1.54) is 6.33 Å². The number of fused-ring (bicyclic) bond motifs is 1. The number of nitrogens with one attached hydrogen (secondary N) is 2. The van der Waals surface area contributed by atoms with Crippen LogP contribution in [0.15, 0.2) is 61.1 Å².